The highest BCUT2D eigenvalue weighted by Crippen LogP contribution is 2.31. The molecule has 0 saturated carbocycles. The topological polar surface area (TPSA) is 93.8 Å². The van der Waals surface area contributed by atoms with E-state index < -0.39 is 0 Å². The third-order valence-electron chi connectivity index (χ3n) is 4.36. The predicted molar refractivity (Wildman–Crippen MR) is 106 cm³/mol. The normalized spacial score (nSPS) is 11.0. The maximum atomic E-state index is 11.3. The Kier molecular flexibility index (Phi) is 4.75. The fourth-order valence-corrected chi connectivity index (χ4v) is 3.32. The first-order chi connectivity index (χ1) is 13.5. The molecule has 4 aromatic rings. The lowest BCUT2D eigenvalue weighted by Gasteiger charge is -2.11. The monoisotopic (exact) mass is 393 g/mol. The van der Waals surface area contributed by atoms with E-state index in [-0.39, 0.29) is 5.82 Å². The van der Waals surface area contributed by atoms with Gasteiger partial charge in [-0.25, -0.2) is 9.97 Å². The van der Waals surface area contributed by atoms with Crippen LogP contribution in [0.3, 0.4) is 0 Å². The van der Waals surface area contributed by atoms with Gasteiger partial charge in [-0.1, -0.05) is 22.8 Å². The summed E-state index contributed by atoms with van der Waals surface area (Å²) >= 11 is 6.00. The van der Waals surface area contributed by atoms with E-state index in [1.165, 1.54) is 0 Å². The predicted octanol–water partition coefficient (Wildman–Crippen LogP) is 4.37. The Labute approximate surface area is 165 Å². The Bertz CT molecular complexity index is 1170. The molecular weight excluding hydrogens is 378 g/mol. The molecule has 0 bridgehead atoms. The smallest absolute Gasteiger partial charge is 0.195 e. The summed E-state index contributed by atoms with van der Waals surface area (Å²) in [6.45, 7) is 4.22. The molecule has 8 heteroatoms. The van der Waals surface area contributed by atoms with Crippen LogP contribution in [0.25, 0.3) is 22.0 Å². The van der Waals surface area contributed by atoms with E-state index in [0.29, 0.717) is 29.2 Å². The molecule has 0 fully saturated rings. The summed E-state index contributed by atoms with van der Waals surface area (Å²) in [7, 11) is 0. The maximum Gasteiger partial charge on any atom is 0.195 e. The highest BCUT2D eigenvalue weighted by atomic mass is 35.5. The average molecular weight is 394 g/mol. The molecule has 3 aromatic heterocycles. The summed E-state index contributed by atoms with van der Waals surface area (Å²) in [5.41, 5.74) is 4.25. The second-order valence-electron chi connectivity index (χ2n) is 6.34. The van der Waals surface area contributed by atoms with Crippen LogP contribution in [-0.2, 0) is 6.54 Å². The largest absolute Gasteiger partial charge is 0.365 e. The standard InChI is InChI=1S/C20H16ClN5O2/c1-11-19(12(2)28-26-11)14-3-4-17-16(6-14)20(25-18(10-27)24-17)23-8-13-5-15(21)9-22-7-13/h3-7,9-10H,8H2,1-2H3,(H,23,24,25). The van der Waals surface area contributed by atoms with Crippen LogP contribution in [0.2, 0.25) is 5.02 Å². The molecular formula is C20H16ClN5O2. The van der Waals surface area contributed by atoms with E-state index in [2.05, 4.69) is 25.4 Å². The van der Waals surface area contributed by atoms with Crippen molar-refractivity contribution < 1.29 is 9.32 Å². The Morgan fingerprint density at radius 1 is 1.18 bits per heavy atom. The number of aryl methyl sites for hydroxylation is 2. The number of carbonyl (C=O) groups excluding carboxylic acids is 1. The highest BCUT2D eigenvalue weighted by molar-refractivity contribution is 6.30. The van der Waals surface area contributed by atoms with Gasteiger partial charge in [0.05, 0.1) is 16.2 Å². The molecule has 3 heterocycles. The third kappa shape index (κ3) is 3.44. The summed E-state index contributed by atoms with van der Waals surface area (Å²) in [6, 6.07) is 7.58. The van der Waals surface area contributed by atoms with E-state index in [4.69, 9.17) is 16.1 Å². The molecule has 28 heavy (non-hydrogen) atoms. The number of nitrogens with one attached hydrogen (secondary N) is 1. The number of nitrogens with zero attached hydrogens (tertiary/aromatic N) is 4. The summed E-state index contributed by atoms with van der Waals surface area (Å²) < 4.78 is 5.28. The highest BCUT2D eigenvalue weighted by Gasteiger charge is 2.14. The van der Waals surface area contributed by atoms with Crippen molar-refractivity contribution >= 4 is 34.6 Å². The fourth-order valence-electron chi connectivity index (χ4n) is 3.12. The molecule has 0 amide bonds. The third-order valence-corrected chi connectivity index (χ3v) is 4.57. The number of halogens is 1. The SMILES string of the molecule is Cc1noc(C)c1-c1ccc2nc(C=O)nc(NCc3cncc(Cl)c3)c2c1. The molecule has 7 nitrogen and oxygen atoms in total. The summed E-state index contributed by atoms with van der Waals surface area (Å²) in [6.07, 6.45) is 3.93. The van der Waals surface area contributed by atoms with Crippen molar-refractivity contribution in [2.45, 2.75) is 20.4 Å². The lowest BCUT2D eigenvalue weighted by atomic mass is 10.0. The molecule has 1 aromatic carbocycles. The first-order valence-corrected chi connectivity index (χ1v) is 8.96. The quantitative estimate of drug-likeness (QED) is 0.503. The summed E-state index contributed by atoms with van der Waals surface area (Å²) in [5, 5.41) is 8.63. The number of aldehydes is 1. The average Bonchev–Trinajstić information content (AvgIpc) is 3.03. The van der Waals surface area contributed by atoms with Crippen molar-refractivity contribution in [3.63, 3.8) is 0 Å². The summed E-state index contributed by atoms with van der Waals surface area (Å²) in [5.74, 6) is 1.41. The number of pyridine rings is 1. The van der Waals surface area contributed by atoms with Crippen molar-refractivity contribution in [2.24, 2.45) is 0 Å². The van der Waals surface area contributed by atoms with E-state index in [1.807, 2.05) is 38.1 Å². The minimum atomic E-state index is 0.115. The minimum Gasteiger partial charge on any atom is -0.365 e. The lowest BCUT2D eigenvalue weighted by Crippen LogP contribution is -2.06. The number of hydrogen-bond acceptors (Lipinski definition) is 7. The van der Waals surface area contributed by atoms with Crippen LogP contribution in [0.4, 0.5) is 5.82 Å². The number of fused-ring (bicyclic) bond motifs is 1. The van der Waals surface area contributed by atoms with Crippen LogP contribution in [0.15, 0.2) is 41.2 Å². The molecule has 0 aliphatic carbocycles. The number of anilines is 1. The van der Waals surface area contributed by atoms with E-state index >= 15 is 0 Å². The van der Waals surface area contributed by atoms with Crippen LogP contribution < -0.4 is 5.32 Å². The van der Waals surface area contributed by atoms with Gasteiger partial charge in [-0.2, -0.15) is 0 Å². The summed E-state index contributed by atoms with van der Waals surface area (Å²) in [4.78, 5) is 24.0. The van der Waals surface area contributed by atoms with E-state index in [0.717, 1.165) is 33.5 Å². The van der Waals surface area contributed by atoms with Crippen molar-refractivity contribution in [1.29, 1.82) is 0 Å². The van der Waals surface area contributed by atoms with Gasteiger partial charge in [-0.15, -0.1) is 0 Å². The molecule has 140 valence electrons. The Hall–Kier alpha value is -3.32. The maximum absolute atomic E-state index is 11.3. The van der Waals surface area contributed by atoms with Crippen molar-refractivity contribution in [2.75, 3.05) is 5.32 Å². The zero-order valence-corrected chi connectivity index (χ0v) is 16.0. The molecule has 0 unspecified atom stereocenters. The minimum absolute atomic E-state index is 0.115. The van der Waals surface area contributed by atoms with Gasteiger partial charge in [0.15, 0.2) is 12.1 Å². The molecule has 0 aliphatic rings. The van der Waals surface area contributed by atoms with Crippen LogP contribution in [0, 0.1) is 13.8 Å². The van der Waals surface area contributed by atoms with Gasteiger partial charge >= 0.3 is 0 Å². The molecule has 0 saturated heterocycles. The number of hydrogen-bond donors (Lipinski definition) is 1. The van der Waals surface area contributed by atoms with Gasteiger partial charge < -0.3 is 9.84 Å². The second-order valence-corrected chi connectivity index (χ2v) is 6.78. The van der Waals surface area contributed by atoms with Crippen LogP contribution in [0.5, 0.6) is 0 Å². The van der Waals surface area contributed by atoms with Crippen molar-refractivity contribution in [3.05, 3.63) is 64.5 Å². The number of aromatic nitrogens is 4. The van der Waals surface area contributed by atoms with Gasteiger partial charge in [0.25, 0.3) is 0 Å². The molecule has 0 aliphatic heterocycles. The number of carbonyl (C=O) groups is 1. The molecule has 1 N–H and O–H groups in total. The Morgan fingerprint density at radius 2 is 2.04 bits per heavy atom. The number of benzene rings is 1. The zero-order chi connectivity index (χ0) is 19.7. The van der Waals surface area contributed by atoms with E-state index in [9.17, 15) is 4.79 Å². The first-order valence-electron chi connectivity index (χ1n) is 8.58. The molecule has 0 radical (unpaired) electrons. The number of rotatable bonds is 5. The van der Waals surface area contributed by atoms with Gasteiger partial charge in [0.2, 0.25) is 0 Å². The van der Waals surface area contributed by atoms with Crippen molar-refractivity contribution in [1.82, 2.24) is 20.1 Å². The fraction of sp³-hybridized carbons (Fsp3) is 0.150. The van der Waals surface area contributed by atoms with Crippen LogP contribution >= 0.6 is 11.6 Å². The van der Waals surface area contributed by atoms with Gasteiger partial charge in [0.1, 0.15) is 11.6 Å². The van der Waals surface area contributed by atoms with Gasteiger partial charge in [-0.05, 0) is 43.2 Å². The molecule has 0 spiro atoms. The van der Waals surface area contributed by atoms with Crippen LogP contribution in [-0.4, -0.2) is 26.4 Å². The Morgan fingerprint density at radius 3 is 2.75 bits per heavy atom. The van der Waals surface area contributed by atoms with Gasteiger partial charge in [-0.3, -0.25) is 9.78 Å². The molecule has 4 rings (SSSR count). The van der Waals surface area contributed by atoms with E-state index in [1.54, 1.807) is 12.4 Å². The second kappa shape index (κ2) is 7.36. The molecule has 0 atom stereocenters. The van der Waals surface area contributed by atoms with Gasteiger partial charge in [0, 0.05) is 29.9 Å². The lowest BCUT2D eigenvalue weighted by molar-refractivity contribution is 0.111. The van der Waals surface area contributed by atoms with Crippen LogP contribution in [0.1, 0.15) is 27.6 Å². The van der Waals surface area contributed by atoms with Crippen molar-refractivity contribution in [3.8, 4) is 11.1 Å². The zero-order valence-electron chi connectivity index (χ0n) is 15.2. The Balaban J connectivity index is 1.78. The first kappa shape index (κ1) is 18.1.